The first kappa shape index (κ1) is 21.6. The van der Waals surface area contributed by atoms with Crippen LogP contribution in [0.15, 0.2) is 72.8 Å². The number of hydrogen-bond acceptors (Lipinski definition) is 5. The van der Waals surface area contributed by atoms with Crippen LogP contribution in [0, 0.1) is 34.5 Å². The van der Waals surface area contributed by atoms with Gasteiger partial charge in [0.05, 0.1) is 25.6 Å². The van der Waals surface area contributed by atoms with Crippen LogP contribution in [-0.4, -0.2) is 31.9 Å². The minimum Gasteiger partial charge on any atom is -0.469 e. The summed E-state index contributed by atoms with van der Waals surface area (Å²) in [6.07, 6.45) is 6.32. The summed E-state index contributed by atoms with van der Waals surface area (Å²) in [5.41, 5.74) is -0.0170. The molecular weight excluding hydrogens is 416 g/mol. The third-order valence-electron chi connectivity index (χ3n) is 8.24. The molecule has 0 radical (unpaired) electrons. The van der Waals surface area contributed by atoms with E-state index >= 15 is 0 Å². The summed E-state index contributed by atoms with van der Waals surface area (Å²) >= 11 is 0. The van der Waals surface area contributed by atoms with Crippen LogP contribution in [-0.2, 0) is 25.5 Å². The van der Waals surface area contributed by atoms with Crippen molar-refractivity contribution in [2.45, 2.75) is 19.3 Å². The first-order valence-corrected chi connectivity index (χ1v) is 11.5. The maximum Gasteiger partial charge on any atom is 0.314 e. The first-order chi connectivity index (χ1) is 16.0. The molecule has 5 atom stereocenters. The van der Waals surface area contributed by atoms with Crippen LogP contribution in [0.4, 0.5) is 0 Å². The summed E-state index contributed by atoms with van der Waals surface area (Å²) in [6, 6.07) is 18.7. The summed E-state index contributed by atoms with van der Waals surface area (Å²) in [7, 11) is 2.70. The average Bonchev–Trinajstić information content (AvgIpc) is 3.54. The summed E-state index contributed by atoms with van der Waals surface area (Å²) in [5, 5.41) is 0. The van der Waals surface area contributed by atoms with Gasteiger partial charge >= 0.3 is 11.9 Å². The summed E-state index contributed by atoms with van der Waals surface area (Å²) in [6.45, 7) is 0. The number of Topliss-reactive ketones (excluding diaryl/α,β-unsaturated/α-hetero) is 1. The van der Waals surface area contributed by atoms with Gasteiger partial charge in [0, 0.05) is 17.4 Å². The van der Waals surface area contributed by atoms with Crippen molar-refractivity contribution in [1.82, 2.24) is 0 Å². The van der Waals surface area contributed by atoms with Gasteiger partial charge in [-0.1, -0.05) is 72.8 Å². The van der Waals surface area contributed by atoms with Crippen molar-refractivity contribution >= 4 is 17.7 Å². The van der Waals surface area contributed by atoms with Crippen LogP contribution in [0.1, 0.15) is 28.8 Å². The zero-order chi connectivity index (χ0) is 23.2. The molecule has 33 heavy (non-hydrogen) atoms. The minimum atomic E-state index is -1.32. The normalized spacial score (nSPS) is 29.0. The van der Waals surface area contributed by atoms with E-state index in [2.05, 4.69) is 12.2 Å². The molecule has 2 saturated carbocycles. The number of ketones is 1. The fourth-order valence-electron chi connectivity index (χ4n) is 6.79. The van der Waals surface area contributed by atoms with Crippen molar-refractivity contribution < 1.29 is 23.9 Å². The van der Waals surface area contributed by atoms with E-state index < -0.39 is 29.2 Å². The zero-order valence-electron chi connectivity index (χ0n) is 18.9. The van der Waals surface area contributed by atoms with Crippen molar-refractivity contribution in [2.75, 3.05) is 14.2 Å². The Labute approximate surface area is 193 Å². The molecule has 1 spiro atoms. The molecule has 0 unspecified atom stereocenters. The van der Waals surface area contributed by atoms with E-state index in [-0.39, 0.29) is 23.0 Å². The lowest BCUT2D eigenvalue weighted by Gasteiger charge is -2.43. The van der Waals surface area contributed by atoms with Crippen molar-refractivity contribution in [2.24, 2.45) is 34.5 Å². The predicted octanol–water partition coefficient (Wildman–Crippen LogP) is 4.27. The highest BCUT2D eigenvalue weighted by atomic mass is 16.5. The molecule has 2 bridgehead atoms. The van der Waals surface area contributed by atoms with Crippen molar-refractivity contribution in [3.05, 3.63) is 83.9 Å². The summed E-state index contributed by atoms with van der Waals surface area (Å²) < 4.78 is 10.7. The van der Waals surface area contributed by atoms with Gasteiger partial charge in [0.1, 0.15) is 0 Å². The molecule has 0 aromatic heterocycles. The summed E-state index contributed by atoms with van der Waals surface area (Å²) in [4.78, 5) is 41.3. The second kappa shape index (κ2) is 7.98. The molecule has 3 aliphatic carbocycles. The highest BCUT2D eigenvalue weighted by molar-refractivity contribution is 6.03. The third kappa shape index (κ3) is 3.01. The van der Waals surface area contributed by atoms with Crippen LogP contribution in [0.3, 0.4) is 0 Å². The van der Waals surface area contributed by atoms with E-state index in [1.165, 1.54) is 14.2 Å². The topological polar surface area (TPSA) is 69.7 Å². The molecule has 170 valence electrons. The number of carbonyl (C=O) groups excluding carboxylic acids is 3. The summed E-state index contributed by atoms with van der Waals surface area (Å²) in [5.74, 6) is -2.97. The third-order valence-corrected chi connectivity index (χ3v) is 8.24. The maximum atomic E-state index is 14.1. The van der Waals surface area contributed by atoms with Crippen LogP contribution < -0.4 is 0 Å². The smallest absolute Gasteiger partial charge is 0.314 e. The van der Waals surface area contributed by atoms with Crippen LogP contribution in [0.25, 0.3) is 0 Å². The fourth-order valence-corrected chi connectivity index (χ4v) is 6.79. The molecular formula is C28H28O5. The van der Waals surface area contributed by atoms with Crippen molar-refractivity contribution in [1.29, 1.82) is 0 Å². The predicted molar refractivity (Wildman–Crippen MR) is 122 cm³/mol. The standard InChI is InChI=1S/C28H28O5/c1-32-25(30)23-20-13-14-22(27(20)15-16-27)28(23,26(31)33-2)21(17-18-9-5-3-6-10-18)24(29)19-11-7-4-8-12-19/h3-14,20-23H,15-17H2,1-2H3/t20-,21-,22-,23-,28+/m0/s1. The number of methoxy groups -OCH3 is 2. The number of rotatable bonds is 7. The molecule has 5 rings (SSSR count). The van der Waals surface area contributed by atoms with E-state index in [0.29, 0.717) is 12.0 Å². The van der Waals surface area contributed by atoms with E-state index in [0.717, 1.165) is 18.4 Å². The minimum absolute atomic E-state index is 0.129. The van der Waals surface area contributed by atoms with Crippen molar-refractivity contribution in [3.63, 3.8) is 0 Å². The molecule has 2 aromatic rings. The number of carbonyl (C=O) groups is 3. The molecule has 0 saturated heterocycles. The Balaban J connectivity index is 1.73. The van der Waals surface area contributed by atoms with Gasteiger partial charge in [0.25, 0.3) is 0 Å². The largest absolute Gasteiger partial charge is 0.469 e. The Kier molecular flexibility index (Phi) is 5.23. The number of esters is 2. The highest BCUT2D eigenvalue weighted by Crippen LogP contribution is 2.78. The Morgan fingerprint density at radius 3 is 2.12 bits per heavy atom. The second-order valence-corrected chi connectivity index (χ2v) is 9.52. The Bertz CT molecular complexity index is 1100. The maximum absolute atomic E-state index is 14.1. The van der Waals surface area contributed by atoms with E-state index in [4.69, 9.17) is 9.47 Å². The van der Waals surface area contributed by atoms with Gasteiger partial charge in [-0.25, -0.2) is 0 Å². The fraction of sp³-hybridized carbons (Fsp3) is 0.393. The number of benzene rings is 2. The SMILES string of the molecule is COC(=O)[C@@H]1[C@@H]2C=C[C@@H](C23CC3)[C@]1(C(=O)OC)[C@@H](Cc1ccccc1)C(=O)c1ccccc1. The van der Waals surface area contributed by atoms with Crippen LogP contribution >= 0.6 is 0 Å². The van der Waals surface area contributed by atoms with Gasteiger partial charge in [-0.2, -0.15) is 0 Å². The number of hydrogen-bond donors (Lipinski definition) is 0. The molecule has 0 aliphatic heterocycles. The number of ether oxygens (including phenoxy) is 2. The van der Waals surface area contributed by atoms with Gasteiger partial charge in [0.2, 0.25) is 0 Å². The van der Waals surface area contributed by atoms with Crippen LogP contribution in [0.2, 0.25) is 0 Å². The zero-order valence-corrected chi connectivity index (χ0v) is 18.9. The number of allylic oxidation sites excluding steroid dienone is 2. The second-order valence-electron chi connectivity index (χ2n) is 9.52. The monoisotopic (exact) mass is 444 g/mol. The molecule has 2 aromatic carbocycles. The quantitative estimate of drug-likeness (QED) is 0.362. The molecule has 3 aliphatic rings. The van der Waals surface area contributed by atoms with Gasteiger partial charge in [-0.15, -0.1) is 0 Å². The molecule has 5 nitrogen and oxygen atoms in total. The van der Waals surface area contributed by atoms with Gasteiger partial charge in [-0.05, 0) is 36.2 Å². The Morgan fingerprint density at radius 1 is 0.909 bits per heavy atom. The molecule has 0 heterocycles. The highest BCUT2D eigenvalue weighted by Gasteiger charge is 2.79. The Hall–Kier alpha value is -3.21. The van der Waals surface area contributed by atoms with E-state index in [1.807, 2.05) is 48.5 Å². The van der Waals surface area contributed by atoms with Crippen molar-refractivity contribution in [3.8, 4) is 0 Å². The van der Waals surface area contributed by atoms with Gasteiger partial charge in [0.15, 0.2) is 5.78 Å². The lowest BCUT2D eigenvalue weighted by atomic mass is 9.57. The first-order valence-electron chi connectivity index (χ1n) is 11.5. The lowest BCUT2D eigenvalue weighted by molar-refractivity contribution is -0.171. The van der Waals surface area contributed by atoms with Crippen LogP contribution in [0.5, 0.6) is 0 Å². The van der Waals surface area contributed by atoms with E-state index in [1.54, 1.807) is 12.1 Å². The molecule has 0 amide bonds. The average molecular weight is 445 g/mol. The van der Waals surface area contributed by atoms with Gasteiger partial charge in [-0.3, -0.25) is 14.4 Å². The molecule has 5 heteroatoms. The lowest BCUT2D eigenvalue weighted by Crippen LogP contribution is -2.54. The molecule has 2 fully saturated rings. The van der Waals surface area contributed by atoms with Gasteiger partial charge < -0.3 is 9.47 Å². The van der Waals surface area contributed by atoms with E-state index in [9.17, 15) is 14.4 Å². The molecule has 0 N–H and O–H groups in total. The Morgan fingerprint density at radius 2 is 1.55 bits per heavy atom.